The van der Waals surface area contributed by atoms with Crippen molar-refractivity contribution in [1.82, 2.24) is 10.1 Å². The van der Waals surface area contributed by atoms with Crippen molar-refractivity contribution in [2.75, 3.05) is 10.6 Å². The van der Waals surface area contributed by atoms with E-state index in [0.29, 0.717) is 17.4 Å². The van der Waals surface area contributed by atoms with Gasteiger partial charge in [0.2, 0.25) is 0 Å². The van der Waals surface area contributed by atoms with Crippen LogP contribution in [0.5, 0.6) is 0 Å². The van der Waals surface area contributed by atoms with Crippen LogP contribution in [-0.4, -0.2) is 16.2 Å². The van der Waals surface area contributed by atoms with Gasteiger partial charge in [0.15, 0.2) is 5.82 Å². The number of nitrogens with zero attached hydrogens (tertiary/aromatic N) is 2. The van der Waals surface area contributed by atoms with E-state index in [4.69, 9.17) is 4.52 Å². The molecular weight excluding hydrogens is 280 g/mol. The summed E-state index contributed by atoms with van der Waals surface area (Å²) in [7, 11) is 0. The Bertz CT molecular complexity index is 766. The molecule has 6 nitrogen and oxygen atoms in total. The van der Waals surface area contributed by atoms with Crippen molar-refractivity contribution < 1.29 is 9.32 Å². The molecule has 1 aromatic heterocycles. The number of hydrogen-bond acceptors (Lipinski definition) is 4. The lowest BCUT2D eigenvalue weighted by atomic mass is 10.2. The van der Waals surface area contributed by atoms with Gasteiger partial charge in [0.05, 0.1) is 0 Å². The molecule has 3 aromatic rings. The van der Waals surface area contributed by atoms with E-state index < -0.39 is 0 Å². The Balaban J connectivity index is 1.65. The fourth-order valence-corrected chi connectivity index (χ4v) is 1.93. The van der Waals surface area contributed by atoms with Crippen molar-refractivity contribution in [3.63, 3.8) is 0 Å². The Hall–Kier alpha value is -3.15. The maximum Gasteiger partial charge on any atom is 0.323 e. The molecule has 0 atom stereocenters. The molecule has 1 heterocycles. The summed E-state index contributed by atoms with van der Waals surface area (Å²) in [5.41, 5.74) is 2.21. The van der Waals surface area contributed by atoms with Gasteiger partial charge in [-0.2, -0.15) is 4.98 Å². The molecule has 2 amide bonds. The summed E-state index contributed by atoms with van der Waals surface area (Å²) in [5, 5.41) is 9.25. The number of nitrogens with one attached hydrogen (secondary N) is 2. The first-order chi connectivity index (χ1) is 10.7. The number of carbonyl (C=O) groups excluding carboxylic acids is 1. The lowest BCUT2D eigenvalue weighted by Crippen LogP contribution is -2.19. The number of aryl methyl sites for hydroxylation is 1. The predicted octanol–water partition coefficient (Wildman–Crippen LogP) is 3.69. The lowest BCUT2D eigenvalue weighted by molar-refractivity contribution is 0.262. The summed E-state index contributed by atoms with van der Waals surface area (Å²) in [6.45, 7) is 1.76. The average molecular weight is 294 g/mol. The van der Waals surface area contributed by atoms with E-state index in [0.717, 1.165) is 11.3 Å². The third kappa shape index (κ3) is 3.29. The molecule has 6 heteroatoms. The molecule has 0 aliphatic heterocycles. The minimum Gasteiger partial charge on any atom is -0.334 e. The molecule has 0 aliphatic rings. The normalized spacial score (nSPS) is 10.2. The van der Waals surface area contributed by atoms with E-state index in [2.05, 4.69) is 20.8 Å². The van der Waals surface area contributed by atoms with Crippen LogP contribution >= 0.6 is 0 Å². The average Bonchev–Trinajstić information content (AvgIpc) is 2.95. The SMILES string of the molecule is Cc1noc(-c2ccc(NC(=O)Nc3ccccc3)cc2)n1. The topological polar surface area (TPSA) is 80.0 Å². The van der Waals surface area contributed by atoms with Crippen LogP contribution in [0.15, 0.2) is 59.1 Å². The van der Waals surface area contributed by atoms with Gasteiger partial charge >= 0.3 is 6.03 Å². The first kappa shape index (κ1) is 13.8. The number of hydrogen-bond donors (Lipinski definition) is 2. The highest BCUT2D eigenvalue weighted by Crippen LogP contribution is 2.19. The van der Waals surface area contributed by atoms with Crippen molar-refractivity contribution in [2.45, 2.75) is 6.92 Å². The summed E-state index contributed by atoms with van der Waals surface area (Å²) in [5.74, 6) is 1.04. The third-order valence-corrected chi connectivity index (χ3v) is 2.95. The van der Waals surface area contributed by atoms with Crippen LogP contribution in [0.2, 0.25) is 0 Å². The Kier molecular flexibility index (Phi) is 3.82. The first-order valence-corrected chi connectivity index (χ1v) is 6.74. The summed E-state index contributed by atoms with van der Waals surface area (Å²) in [6.07, 6.45) is 0. The zero-order valence-corrected chi connectivity index (χ0v) is 11.9. The van der Waals surface area contributed by atoms with Crippen LogP contribution in [0.25, 0.3) is 11.5 Å². The number of para-hydroxylation sites is 1. The Labute approximate surface area is 127 Å². The van der Waals surface area contributed by atoms with Crippen molar-refractivity contribution in [3.05, 3.63) is 60.4 Å². The van der Waals surface area contributed by atoms with Gasteiger partial charge < -0.3 is 15.2 Å². The molecule has 0 spiro atoms. The molecule has 0 radical (unpaired) electrons. The van der Waals surface area contributed by atoms with Gasteiger partial charge in [-0.05, 0) is 43.3 Å². The third-order valence-electron chi connectivity index (χ3n) is 2.95. The molecule has 0 saturated carbocycles. The second-order valence-electron chi connectivity index (χ2n) is 4.67. The summed E-state index contributed by atoms with van der Waals surface area (Å²) in [6, 6.07) is 16.1. The zero-order chi connectivity index (χ0) is 15.4. The van der Waals surface area contributed by atoms with Gasteiger partial charge in [-0.25, -0.2) is 4.79 Å². The Morgan fingerprint density at radius 2 is 1.59 bits per heavy atom. The van der Waals surface area contributed by atoms with Crippen molar-refractivity contribution >= 4 is 17.4 Å². The van der Waals surface area contributed by atoms with Crippen molar-refractivity contribution in [2.24, 2.45) is 0 Å². The van der Waals surface area contributed by atoms with Crippen LogP contribution in [0, 0.1) is 6.92 Å². The minimum atomic E-state index is -0.299. The predicted molar refractivity (Wildman–Crippen MR) is 83.6 cm³/mol. The monoisotopic (exact) mass is 294 g/mol. The lowest BCUT2D eigenvalue weighted by Gasteiger charge is -2.07. The molecule has 2 aromatic carbocycles. The Morgan fingerprint density at radius 1 is 0.955 bits per heavy atom. The maximum atomic E-state index is 11.9. The van der Waals surface area contributed by atoms with Gasteiger partial charge in [0, 0.05) is 16.9 Å². The number of urea groups is 1. The number of carbonyl (C=O) groups is 1. The highest BCUT2D eigenvalue weighted by Gasteiger charge is 2.07. The number of anilines is 2. The van der Waals surface area contributed by atoms with Crippen LogP contribution in [0.1, 0.15) is 5.82 Å². The van der Waals surface area contributed by atoms with Gasteiger partial charge in [-0.15, -0.1) is 0 Å². The quantitative estimate of drug-likeness (QED) is 0.772. The molecule has 0 bridgehead atoms. The molecule has 2 N–H and O–H groups in total. The summed E-state index contributed by atoms with van der Waals surface area (Å²) < 4.78 is 5.09. The fourth-order valence-electron chi connectivity index (χ4n) is 1.93. The van der Waals surface area contributed by atoms with E-state index in [1.54, 1.807) is 19.1 Å². The van der Waals surface area contributed by atoms with Gasteiger partial charge in [0.25, 0.3) is 5.89 Å². The van der Waals surface area contributed by atoms with E-state index in [9.17, 15) is 4.79 Å². The molecule has 0 aliphatic carbocycles. The van der Waals surface area contributed by atoms with E-state index >= 15 is 0 Å². The largest absolute Gasteiger partial charge is 0.334 e. The first-order valence-electron chi connectivity index (χ1n) is 6.74. The van der Waals surface area contributed by atoms with Gasteiger partial charge in [-0.3, -0.25) is 0 Å². The smallest absolute Gasteiger partial charge is 0.323 e. The molecular formula is C16H14N4O2. The van der Waals surface area contributed by atoms with E-state index in [1.165, 1.54) is 0 Å². The summed E-state index contributed by atoms with van der Waals surface area (Å²) >= 11 is 0. The second kappa shape index (κ2) is 6.09. The maximum absolute atomic E-state index is 11.9. The molecule has 0 unspecified atom stereocenters. The number of benzene rings is 2. The van der Waals surface area contributed by atoms with E-state index in [-0.39, 0.29) is 6.03 Å². The molecule has 0 saturated heterocycles. The van der Waals surface area contributed by atoms with Crippen LogP contribution in [0.3, 0.4) is 0 Å². The molecule has 0 fully saturated rings. The Morgan fingerprint density at radius 3 is 2.18 bits per heavy atom. The standard InChI is InChI=1S/C16H14N4O2/c1-11-17-15(22-20-11)12-7-9-14(10-8-12)19-16(21)18-13-5-3-2-4-6-13/h2-10H,1H3,(H2,18,19,21). The van der Waals surface area contributed by atoms with Gasteiger partial charge in [0.1, 0.15) is 0 Å². The molecule has 22 heavy (non-hydrogen) atoms. The highest BCUT2D eigenvalue weighted by molar-refractivity contribution is 5.99. The van der Waals surface area contributed by atoms with Crippen molar-refractivity contribution in [3.8, 4) is 11.5 Å². The molecule has 3 rings (SSSR count). The minimum absolute atomic E-state index is 0.299. The van der Waals surface area contributed by atoms with Crippen LogP contribution in [0.4, 0.5) is 16.2 Å². The summed E-state index contributed by atoms with van der Waals surface area (Å²) in [4.78, 5) is 16.0. The zero-order valence-electron chi connectivity index (χ0n) is 11.9. The van der Waals surface area contributed by atoms with Crippen LogP contribution in [-0.2, 0) is 0 Å². The second-order valence-corrected chi connectivity index (χ2v) is 4.67. The molecule has 110 valence electrons. The number of amides is 2. The fraction of sp³-hybridized carbons (Fsp3) is 0.0625. The van der Waals surface area contributed by atoms with Crippen molar-refractivity contribution in [1.29, 1.82) is 0 Å². The number of rotatable bonds is 3. The van der Waals surface area contributed by atoms with E-state index in [1.807, 2.05) is 42.5 Å². The number of aromatic nitrogens is 2. The highest BCUT2D eigenvalue weighted by atomic mass is 16.5. The van der Waals surface area contributed by atoms with Crippen LogP contribution < -0.4 is 10.6 Å². The van der Waals surface area contributed by atoms with Gasteiger partial charge in [-0.1, -0.05) is 23.4 Å².